The number of benzene rings is 3. The summed E-state index contributed by atoms with van der Waals surface area (Å²) < 4.78 is 33.3. The molecule has 35 heavy (non-hydrogen) atoms. The third-order valence-electron chi connectivity index (χ3n) is 5.29. The van der Waals surface area contributed by atoms with Gasteiger partial charge >= 0.3 is 0 Å². The molecule has 0 aromatic heterocycles. The minimum absolute atomic E-state index is 0.0937. The Morgan fingerprint density at radius 2 is 1.60 bits per heavy atom. The quantitative estimate of drug-likeness (QED) is 0.384. The van der Waals surface area contributed by atoms with Crippen LogP contribution < -0.4 is 19.7 Å². The highest BCUT2D eigenvalue weighted by atomic mass is 32.2. The zero-order valence-corrected chi connectivity index (χ0v) is 21.5. The van der Waals surface area contributed by atoms with Crippen molar-refractivity contribution in [1.82, 2.24) is 5.32 Å². The number of rotatable bonds is 9. The predicted molar refractivity (Wildman–Crippen MR) is 144 cm³/mol. The van der Waals surface area contributed by atoms with Crippen molar-refractivity contribution < 1.29 is 17.9 Å². The maximum atomic E-state index is 13.1. The van der Waals surface area contributed by atoms with Gasteiger partial charge in [0, 0.05) is 17.8 Å². The largest absolute Gasteiger partial charge is 0.491 e. The van der Waals surface area contributed by atoms with E-state index in [0.29, 0.717) is 29.2 Å². The first-order valence-electron chi connectivity index (χ1n) is 11.3. The zero-order valence-electron chi connectivity index (χ0n) is 19.9. The molecule has 3 aromatic rings. The van der Waals surface area contributed by atoms with Crippen LogP contribution in [0.25, 0.3) is 0 Å². The first kappa shape index (κ1) is 26.2. The van der Waals surface area contributed by atoms with Gasteiger partial charge in [-0.1, -0.05) is 25.1 Å². The number of hydrogen-bond acceptors (Lipinski definition) is 5. The molecule has 0 fully saturated rings. The molecule has 0 saturated carbocycles. The van der Waals surface area contributed by atoms with E-state index < -0.39 is 10.0 Å². The minimum atomic E-state index is -3.72. The Hall–Kier alpha value is -3.43. The summed E-state index contributed by atoms with van der Waals surface area (Å²) in [7, 11) is -3.72. The Bertz CT molecular complexity index is 1250. The van der Waals surface area contributed by atoms with Crippen LogP contribution in [0.15, 0.2) is 83.8 Å². The van der Waals surface area contributed by atoms with Crippen molar-refractivity contribution in [2.45, 2.75) is 38.2 Å². The molecule has 9 heteroatoms. The van der Waals surface area contributed by atoms with Gasteiger partial charge in [-0.15, -0.1) is 0 Å². The summed E-state index contributed by atoms with van der Waals surface area (Å²) in [4.78, 5) is 12.7. The smallest absolute Gasteiger partial charge is 0.264 e. The number of para-hydroxylation sites is 1. The number of anilines is 2. The number of carbonyl (C=O) groups is 1. The second-order valence-electron chi connectivity index (χ2n) is 7.80. The average molecular weight is 512 g/mol. The van der Waals surface area contributed by atoms with Crippen molar-refractivity contribution in [2.24, 2.45) is 0 Å². The van der Waals surface area contributed by atoms with Crippen LogP contribution in [-0.4, -0.2) is 32.1 Å². The Balaban J connectivity index is 1.62. The second kappa shape index (κ2) is 11.8. The molecule has 0 aliphatic heterocycles. The van der Waals surface area contributed by atoms with Crippen LogP contribution in [0.4, 0.5) is 11.4 Å². The van der Waals surface area contributed by atoms with Gasteiger partial charge in [-0.25, -0.2) is 8.42 Å². The molecule has 184 valence electrons. The van der Waals surface area contributed by atoms with Crippen molar-refractivity contribution in [3.8, 4) is 5.75 Å². The van der Waals surface area contributed by atoms with Crippen molar-refractivity contribution in [3.05, 3.63) is 84.4 Å². The number of thiocarbonyl (C=S) groups is 1. The van der Waals surface area contributed by atoms with Gasteiger partial charge in [-0.05, 0) is 93.1 Å². The monoisotopic (exact) mass is 511 g/mol. The Labute approximate surface area is 212 Å². The van der Waals surface area contributed by atoms with E-state index in [1.807, 2.05) is 19.9 Å². The van der Waals surface area contributed by atoms with Crippen molar-refractivity contribution in [2.75, 3.05) is 16.2 Å². The standard InChI is InChI=1S/C26H29N3O4S2/c1-4-19(3)33-23-15-11-20(12-16-23)25(30)28-26(34)27-21-13-17-24(18-14-21)35(31,32)29(5-2)22-9-7-6-8-10-22/h6-19H,4-5H2,1-3H3,(H2,27,28,30,34). The Morgan fingerprint density at radius 3 is 2.17 bits per heavy atom. The van der Waals surface area contributed by atoms with Crippen LogP contribution >= 0.6 is 12.2 Å². The van der Waals surface area contributed by atoms with E-state index >= 15 is 0 Å². The minimum Gasteiger partial charge on any atom is -0.491 e. The van der Waals surface area contributed by atoms with E-state index in [9.17, 15) is 13.2 Å². The van der Waals surface area contributed by atoms with E-state index in [0.717, 1.165) is 6.42 Å². The first-order chi connectivity index (χ1) is 16.7. The van der Waals surface area contributed by atoms with Crippen LogP contribution in [0, 0.1) is 0 Å². The molecule has 1 atom stereocenters. The van der Waals surface area contributed by atoms with Gasteiger partial charge in [0.1, 0.15) is 5.75 Å². The van der Waals surface area contributed by atoms with Gasteiger partial charge in [0.15, 0.2) is 5.11 Å². The highest BCUT2D eigenvalue weighted by Gasteiger charge is 2.23. The summed E-state index contributed by atoms with van der Waals surface area (Å²) in [5.41, 5.74) is 1.59. The number of nitrogens with one attached hydrogen (secondary N) is 2. The molecule has 1 unspecified atom stereocenters. The zero-order chi connectivity index (χ0) is 25.4. The highest BCUT2D eigenvalue weighted by molar-refractivity contribution is 7.92. The summed E-state index contributed by atoms with van der Waals surface area (Å²) in [6.45, 7) is 6.11. The summed E-state index contributed by atoms with van der Waals surface area (Å²) >= 11 is 5.25. The molecule has 0 radical (unpaired) electrons. The van der Waals surface area contributed by atoms with Crippen LogP contribution in [0.1, 0.15) is 37.6 Å². The molecule has 0 spiro atoms. The van der Waals surface area contributed by atoms with E-state index in [1.54, 1.807) is 67.6 Å². The lowest BCUT2D eigenvalue weighted by Gasteiger charge is -2.23. The number of ether oxygens (including phenoxy) is 1. The third-order valence-corrected chi connectivity index (χ3v) is 7.41. The molecule has 3 rings (SSSR count). The molecule has 0 heterocycles. The van der Waals surface area contributed by atoms with Gasteiger partial charge in [0.25, 0.3) is 15.9 Å². The molecular formula is C26H29N3O4S2. The molecule has 3 aromatic carbocycles. The van der Waals surface area contributed by atoms with E-state index in [2.05, 4.69) is 10.6 Å². The number of amides is 1. The second-order valence-corrected chi connectivity index (χ2v) is 10.1. The maximum Gasteiger partial charge on any atom is 0.264 e. The van der Waals surface area contributed by atoms with Gasteiger partial charge < -0.3 is 10.1 Å². The van der Waals surface area contributed by atoms with Crippen molar-refractivity contribution in [3.63, 3.8) is 0 Å². The maximum absolute atomic E-state index is 13.1. The van der Waals surface area contributed by atoms with Crippen molar-refractivity contribution in [1.29, 1.82) is 0 Å². The number of carbonyl (C=O) groups excluding carboxylic acids is 1. The number of nitrogens with zero attached hydrogens (tertiary/aromatic N) is 1. The molecule has 0 aliphatic rings. The Morgan fingerprint density at radius 1 is 0.971 bits per heavy atom. The fourth-order valence-corrected chi connectivity index (χ4v) is 4.95. The molecule has 0 saturated heterocycles. The lowest BCUT2D eigenvalue weighted by molar-refractivity contribution is 0.0977. The molecule has 1 amide bonds. The van der Waals surface area contributed by atoms with Gasteiger partial charge in [0.2, 0.25) is 0 Å². The molecular weight excluding hydrogens is 482 g/mol. The lowest BCUT2D eigenvalue weighted by atomic mass is 10.2. The van der Waals surface area contributed by atoms with Gasteiger partial charge in [-0.2, -0.15) is 0 Å². The fourth-order valence-electron chi connectivity index (χ4n) is 3.26. The summed E-state index contributed by atoms with van der Waals surface area (Å²) in [6, 6.07) is 22.0. The van der Waals surface area contributed by atoms with Crippen molar-refractivity contribution >= 4 is 44.6 Å². The van der Waals surface area contributed by atoms with Gasteiger partial charge in [0.05, 0.1) is 16.7 Å². The van der Waals surface area contributed by atoms with Crippen LogP contribution in [0.5, 0.6) is 5.75 Å². The molecule has 0 aliphatic carbocycles. The number of hydrogen-bond donors (Lipinski definition) is 2. The lowest BCUT2D eigenvalue weighted by Crippen LogP contribution is -2.34. The molecule has 7 nitrogen and oxygen atoms in total. The van der Waals surface area contributed by atoms with Crippen LogP contribution in [0.3, 0.4) is 0 Å². The SMILES string of the molecule is CCC(C)Oc1ccc(C(=O)NC(=S)Nc2ccc(S(=O)(=O)N(CC)c3ccccc3)cc2)cc1. The fraction of sp³-hybridized carbons (Fsp3) is 0.231. The topological polar surface area (TPSA) is 87.7 Å². The first-order valence-corrected chi connectivity index (χ1v) is 13.2. The number of sulfonamides is 1. The summed E-state index contributed by atoms with van der Waals surface area (Å²) in [5.74, 6) is 0.332. The summed E-state index contributed by atoms with van der Waals surface area (Å²) in [6.07, 6.45) is 0.982. The predicted octanol–water partition coefficient (Wildman–Crippen LogP) is 5.21. The van der Waals surface area contributed by atoms with E-state index in [-0.39, 0.29) is 22.0 Å². The van der Waals surface area contributed by atoms with Crippen LogP contribution in [-0.2, 0) is 10.0 Å². The molecule has 0 bridgehead atoms. The summed E-state index contributed by atoms with van der Waals surface area (Å²) in [5, 5.41) is 5.63. The third kappa shape index (κ3) is 6.80. The van der Waals surface area contributed by atoms with Crippen LogP contribution in [0.2, 0.25) is 0 Å². The van der Waals surface area contributed by atoms with E-state index in [1.165, 1.54) is 16.4 Å². The van der Waals surface area contributed by atoms with E-state index in [4.69, 9.17) is 17.0 Å². The highest BCUT2D eigenvalue weighted by Crippen LogP contribution is 2.24. The normalized spacial score (nSPS) is 11.9. The molecule has 2 N–H and O–H groups in total. The average Bonchev–Trinajstić information content (AvgIpc) is 2.85. The Kier molecular flexibility index (Phi) is 8.84. The van der Waals surface area contributed by atoms with Gasteiger partial charge in [-0.3, -0.25) is 14.4 Å².